The van der Waals surface area contributed by atoms with Crippen molar-refractivity contribution in [2.45, 2.75) is 51.6 Å². The summed E-state index contributed by atoms with van der Waals surface area (Å²) in [4.78, 5) is 10.9. The molecular weight excluding hydrogens is 206 g/mol. The number of rotatable bonds is 5. The molecule has 1 fully saturated rings. The molecule has 1 unspecified atom stereocenters. The maximum absolute atomic E-state index is 10.9. The Morgan fingerprint density at radius 2 is 2.06 bits per heavy atom. The zero-order valence-electron chi connectivity index (χ0n) is 9.98. The van der Waals surface area contributed by atoms with Crippen LogP contribution in [0.4, 0.5) is 0 Å². The summed E-state index contributed by atoms with van der Waals surface area (Å²) in [6.45, 7) is 2.43. The number of hydrogen-bond acceptors (Lipinski definition) is 3. The molecule has 1 saturated carbocycles. The predicted octanol–water partition coefficient (Wildman–Crippen LogP) is 1.37. The van der Waals surface area contributed by atoms with Crippen LogP contribution >= 0.6 is 0 Å². The minimum absolute atomic E-state index is 0.263. The van der Waals surface area contributed by atoms with E-state index in [4.69, 9.17) is 10.8 Å². The molecule has 1 aliphatic carbocycles. The number of carbonyl (C=O) groups is 1. The summed E-state index contributed by atoms with van der Waals surface area (Å²) in [6, 6.07) is 0. The molecule has 4 nitrogen and oxygen atoms in total. The quantitative estimate of drug-likeness (QED) is 0.664. The van der Waals surface area contributed by atoms with E-state index in [1.165, 1.54) is 12.8 Å². The fourth-order valence-corrected chi connectivity index (χ4v) is 2.80. The predicted molar refractivity (Wildman–Crippen MR) is 62.0 cm³/mol. The molecular formula is C12H23NO3. The van der Waals surface area contributed by atoms with Crippen LogP contribution in [0.25, 0.3) is 0 Å². The highest BCUT2D eigenvalue weighted by Crippen LogP contribution is 2.42. The number of nitrogens with two attached hydrogens (primary N) is 1. The van der Waals surface area contributed by atoms with Gasteiger partial charge in [-0.05, 0) is 31.6 Å². The van der Waals surface area contributed by atoms with Gasteiger partial charge in [0, 0.05) is 12.0 Å². The van der Waals surface area contributed by atoms with Crippen molar-refractivity contribution in [3.8, 4) is 0 Å². The largest absolute Gasteiger partial charge is 0.479 e. The molecule has 0 bridgehead atoms. The van der Waals surface area contributed by atoms with Crippen LogP contribution in [-0.4, -0.2) is 28.8 Å². The third-order valence-electron chi connectivity index (χ3n) is 4.02. The van der Waals surface area contributed by atoms with Crippen molar-refractivity contribution < 1.29 is 15.0 Å². The lowest BCUT2D eigenvalue weighted by Crippen LogP contribution is -2.48. The third-order valence-corrected chi connectivity index (χ3v) is 4.02. The molecule has 0 aliphatic heterocycles. The highest BCUT2D eigenvalue weighted by Gasteiger charge is 2.43. The molecule has 16 heavy (non-hydrogen) atoms. The van der Waals surface area contributed by atoms with Gasteiger partial charge in [-0.15, -0.1) is 0 Å². The Hall–Kier alpha value is -0.610. The number of carboxylic acids is 1. The second kappa shape index (κ2) is 5.64. The second-order valence-electron chi connectivity index (χ2n) is 5.04. The maximum Gasteiger partial charge on any atom is 0.333 e. The third kappa shape index (κ3) is 2.74. The molecule has 1 rings (SSSR count). The van der Waals surface area contributed by atoms with Crippen molar-refractivity contribution in [2.75, 3.05) is 6.54 Å². The van der Waals surface area contributed by atoms with Crippen molar-refractivity contribution in [1.82, 2.24) is 0 Å². The van der Waals surface area contributed by atoms with Crippen LogP contribution in [0.1, 0.15) is 45.4 Å². The van der Waals surface area contributed by atoms with Gasteiger partial charge in [-0.25, -0.2) is 4.79 Å². The molecule has 0 heterocycles. The molecule has 94 valence electrons. The molecule has 0 aromatic heterocycles. The van der Waals surface area contributed by atoms with E-state index in [1.807, 2.05) is 0 Å². The van der Waals surface area contributed by atoms with E-state index in [0.29, 0.717) is 5.92 Å². The molecule has 0 amide bonds. The van der Waals surface area contributed by atoms with E-state index in [-0.39, 0.29) is 6.54 Å². The zero-order valence-corrected chi connectivity index (χ0v) is 9.98. The number of carboxylic acid groups (broad SMARTS) is 1. The number of hydrogen-bond donors (Lipinski definition) is 3. The Morgan fingerprint density at radius 1 is 1.50 bits per heavy atom. The lowest BCUT2D eigenvalue weighted by atomic mass is 9.66. The Labute approximate surface area is 96.8 Å². The fourth-order valence-electron chi connectivity index (χ4n) is 2.80. The highest BCUT2D eigenvalue weighted by molar-refractivity contribution is 5.73. The monoisotopic (exact) mass is 229 g/mol. The van der Waals surface area contributed by atoms with Gasteiger partial charge in [-0.1, -0.05) is 19.8 Å². The molecule has 4 heteroatoms. The summed E-state index contributed by atoms with van der Waals surface area (Å²) in [5.41, 5.74) is 5.09. The first-order chi connectivity index (χ1) is 7.55. The molecule has 4 N–H and O–H groups in total. The number of aliphatic hydroxyl groups is 1. The summed E-state index contributed by atoms with van der Waals surface area (Å²) in [5.74, 6) is -0.454. The van der Waals surface area contributed by atoms with Gasteiger partial charge >= 0.3 is 5.97 Å². The van der Waals surface area contributed by atoms with Gasteiger partial charge in [-0.2, -0.15) is 0 Å². The number of aliphatic hydroxyl groups excluding tert-OH is 1. The SMILES string of the molecule is CCCC1CCC(CN)(C(O)C(=O)O)CC1. The first-order valence-electron chi connectivity index (χ1n) is 6.16. The van der Waals surface area contributed by atoms with E-state index in [1.54, 1.807) is 0 Å². The van der Waals surface area contributed by atoms with Crippen LogP contribution < -0.4 is 5.73 Å². The normalized spacial score (nSPS) is 32.3. The summed E-state index contributed by atoms with van der Waals surface area (Å²) in [5, 5.41) is 18.6. The zero-order chi connectivity index (χ0) is 12.2. The van der Waals surface area contributed by atoms with Crippen LogP contribution in [0.15, 0.2) is 0 Å². The van der Waals surface area contributed by atoms with E-state index in [9.17, 15) is 9.90 Å². The molecule has 0 aromatic rings. The van der Waals surface area contributed by atoms with Gasteiger partial charge in [0.1, 0.15) is 0 Å². The summed E-state index contributed by atoms with van der Waals surface area (Å²) < 4.78 is 0. The van der Waals surface area contributed by atoms with Crippen molar-refractivity contribution in [3.05, 3.63) is 0 Å². The average Bonchev–Trinajstić information content (AvgIpc) is 2.30. The van der Waals surface area contributed by atoms with Crippen molar-refractivity contribution in [2.24, 2.45) is 17.1 Å². The van der Waals surface area contributed by atoms with Gasteiger partial charge in [0.05, 0.1) is 0 Å². The Kier molecular flexibility index (Phi) is 4.74. The van der Waals surface area contributed by atoms with Crippen molar-refractivity contribution >= 4 is 5.97 Å². The van der Waals surface area contributed by atoms with Crippen LogP contribution in [-0.2, 0) is 4.79 Å². The van der Waals surface area contributed by atoms with Crippen LogP contribution in [0.2, 0.25) is 0 Å². The van der Waals surface area contributed by atoms with E-state index in [0.717, 1.165) is 25.7 Å². The molecule has 0 saturated heterocycles. The maximum atomic E-state index is 10.9. The van der Waals surface area contributed by atoms with Gasteiger partial charge in [-0.3, -0.25) is 0 Å². The van der Waals surface area contributed by atoms with Crippen LogP contribution in [0.5, 0.6) is 0 Å². The molecule has 0 spiro atoms. The topological polar surface area (TPSA) is 83.5 Å². The molecule has 0 aromatic carbocycles. The van der Waals surface area contributed by atoms with E-state index >= 15 is 0 Å². The highest BCUT2D eigenvalue weighted by atomic mass is 16.4. The van der Waals surface area contributed by atoms with Gasteiger partial charge in [0.25, 0.3) is 0 Å². The molecule has 0 radical (unpaired) electrons. The standard InChI is InChI=1S/C12H23NO3/c1-2-3-9-4-6-12(8-13,7-5-9)10(14)11(15)16/h9-10,14H,2-8,13H2,1H3,(H,15,16). The van der Waals surface area contributed by atoms with E-state index < -0.39 is 17.5 Å². The van der Waals surface area contributed by atoms with Gasteiger partial charge in [0.2, 0.25) is 0 Å². The second-order valence-corrected chi connectivity index (χ2v) is 5.04. The minimum Gasteiger partial charge on any atom is -0.479 e. The van der Waals surface area contributed by atoms with Crippen molar-refractivity contribution in [3.63, 3.8) is 0 Å². The molecule has 1 aliphatic rings. The smallest absolute Gasteiger partial charge is 0.333 e. The van der Waals surface area contributed by atoms with Crippen LogP contribution in [0.3, 0.4) is 0 Å². The molecule has 1 atom stereocenters. The Bertz CT molecular complexity index is 234. The van der Waals surface area contributed by atoms with Crippen molar-refractivity contribution in [1.29, 1.82) is 0 Å². The first kappa shape index (κ1) is 13.5. The summed E-state index contributed by atoms with van der Waals surface area (Å²) >= 11 is 0. The van der Waals surface area contributed by atoms with E-state index in [2.05, 4.69) is 6.92 Å². The summed E-state index contributed by atoms with van der Waals surface area (Å²) in [7, 11) is 0. The fraction of sp³-hybridized carbons (Fsp3) is 0.917. The Morgan fingerprint density at radius 3 is 2.44 bits per heavy atom. The first-order valence-corrected chi connectivity index (χ1v) is 6.16. The average molecular weight is 229 g/mol. The Balaban J connectivity index is 2.61. The number of aliphatic carboxylic acids is 1. The summed E-state index contributed by atoms with van der Waals surface area (Å²) in [6.07, 6.45) is 4.53. The van der Waals surface area contributed by atoms with Gasteiger partial charge < -0.3 is 15.9 Å². The lowest BCUT2D eigenvalue weighted by molar-refractivity contribution is -0.156. The minimum atomic E-state index is -1.31. The van der Waals surface area contributed by atoms with Gasteiger partial charge in [0.15, 0.2) is 6.10 Å². The lowest BCUT2D eigenvalue weighted by Gasteiger charge is -2.41. The van der Waals surface area contributed by atoms with Crippen LogP contribution in [0, 0.1) is 11.3 Å².